The topological polar surface area (TPSA) is 29.3 Å². The number of hydrogen-bond acceptors (Lipinski definition) is 3. The molecule has 0 spiro atoms. The quantitative estimate of drug-likeness (QED) is 0.877. The maximum atomic E-state index is 5.79. The van der Waals surface area contributed by atoms with Crippen molar-refractivity contribution >= 4 is 11.3 Å². The zero-order valence-electron chi connectivity index (χ0n) is 10.3. The number of nitrogens with two attached hydrogens (primary N) is 1. The highest BCUT2D eigenvalue weighted by Gasteiger charge is 2.24. The van der Waals surface area contributed by atoms with Gasteiger partial charge in [0.2, 0.25) is 0 Å². The van der Waals surface area contributed by atoms with Gasteiger partial charge >= 0.3 is 0 Å². The summed E-state index contributed by atoms with van der Waals surface area (Å²) in [5, 5.41) is 2.19. The molecule has 0 radical (unpaired) electrons. The van der Waals surface area contributed by atoms with Crippen LogP contribution in [-0.4, -0.2) is 24.0 Å². The highest BCUT2D eigenvalue weighted by molar-refractivity contribution is 7.10. The first-order valence-electron chi connectivity index (χ1n) is 6.17. The number of rotatable bonds is 3. The fourth-order valence-corrected chi connectivity index (χ4v) is 3.36. The van der Waals surface area contributed by atoms with Crippen molar-refractivity contribution in [2.75, 3.05) is 13.1 Å². The molecule has 1 aromatic heterocycles. The van der Waals surface area contributed by atoms with E-state index >= 15 is 0 Å². The van der Waals surface area contributed by atoms with E-state index in [9.17, 15) is 0 Å². The van der Waals surface area contributed by atoms with Crippen molar-refractivity contribution < 1.29 is 0 Å². The van der Waals surface area contributed by atoms with Crippen molar-refractivity contribution in [2.45, 2.75) is 39.3 Å². The van der Waals surface area contributed by atoms with Gasteiger partial charge in [-0.2, -0.15) is 0 Å². The monoisotopic (exact) mass is 238 g/mol. The van der Waals surface area contributed by atoms with Crippen LogP contribution in [0.3, 0.4) is 0 Å². The fraction of sp³-hybridized carbons (Fsp3) is 0.692. The first-order valence-corrected chi connectivity index (χ1v) is 7.05. The summed E-state index contributed by atoms with van der Waals surface area (Å²) in [4.78, 5) is 4.12. The van der Waals surface area contributed by atoms with E-state index in [0.29, 0.717) is 12.0 Å². The van der Waals surface area contributed by atoms with Crippen LogP contribution in [0.15, 0.2) is 11.4 Å². The molecule has 0 amide bonds. The highest BCUT2D eigenvalue weighted by Crippen LogP contribution is 2.25. The Labute approximate surface area is 102 Å². The molecule has 1 aromatic rings. The molecule has 1 aliphatic rings. The second-order valence-corrected chi connectivity index (χ2v) is 5.98. The summed E-state index contributed by atoms with van der Waals surface area (Å²) >= 11 is 1.88. The highest BCUT2D eigenvalue weighted by atomic mass is 32.1. The van der Waals surface area contributed by atoms with Crippen LogP contribution in [0.1, 0.15) is 30.2 Å². The van der Waals surface area contributed by atoms with Crippen molar-refractivity contribution in [1.82, 2.24) is 4.90 Å². The number of piperidine rings is 1. The van der Waals surface area contributed by atoms with E-state index in [0.717, 1.165) is 13.1 Å². The zero-order valence-corrected chi connectivity index (χ0v) is 11.1. The molecular formula is C13H22N2S. The molecule has 1 fully saturated rings. The summed E-state index contributed by atoms with van der Waals surface area (Å²) in [6, 6.07) is 2.93. The van der Waals surface area contributed by atoms with E-state index in [4.69, 9.17) is 5.73 Å². The van der Waals surface area contributed by atoms with Crippen molar-refractivity contribution in [3.63, 3.8) is 0 Å². The van der Waals surface area contributed by atoms with E-state index in [2.05, 4.69) is 30.2 Å². The third-order valence-corrected chi connectivity index (χ3v) is 4.76. The summed E-state index contributed by atoms with van der Waals surface area (Å²) in [5.74, 6) is 0.705. The van der Waals surface area contributed by atoms with Crippen LogP contribution >= 0.6 is 11.3 Å². The van der Waals surface area contributed by atoms with Gasteiger partial charge in [-0.3, -0.25) is 4.90 Å². The van der Waals surface area contributed by atoms with Gasteiger partial charge in [-0.15, -0.1) is 11.3 Å². The van der Waals surface area contributed by atoms with E-state index in [1.54, 1.807) is 0 Å². The maximum Gasteiger partial charge on any atom is 0.0333 e. The third kappa shape index (κ3) is 2.65. The van der Waals surface area contributed by atoms with Gasteiger partial charge in [0.25, 0.3) is 0 Å². The number of hydrogen-bond donors (Lipinski definition) is 1. The average Bonchev–Trinajstić information content (AvgIpc) is 2.68. The molecule has 1 saturated heterocycles. The fourth-order valence-electron chi connectivity index (χ4n) is 2.43. The Morgan fingerprint density at radius 3 is 2.94 bits per heavy atom. The molecular weight excluding hydrogens is 216 g/mol. The van der Waals surface area contributed by atoms with E-state index in [1.807, 2.05) is 11.3 Å². The van der Waals surface area contributed by atoms with Gasteiger partial charge in [0, 0.05) is 24.0 Å². The van der Waals surface area contributed by atoms with Crippen LogP contribution in [0, 0.1) is 12.8 Å². The summed E-state index contributed by atoms with van der Waals surface area (Å²) < 4.78 is 0. The van der Waals surface area contributed by atoms with Crippen LogP contribution in [0.2, 0.25) is 0 Å². The minimum atomic E-state index is 0.705. The predicted molar refractivity (Wildman–Crippen MR) is 70.7 cm³/mol. The van der Waals surface area contributed by atoms with Gasteiger partial charge in [-0.05, 0) is 56.2 Å². The van der Waals surface area contributed by atoms with Gasteiger partial charge in [-0.25, -0.2) is 0 Å². The Morgan fingerprint density at radius 1 is 1.50 bits per heavy atom. The van der Waals surface area contributed by atoms with Gasteiger partial charge in [0.05, 0.1) is 0 Å². The largest absolute Gasteiger partial charge is 0.330 e. The molecule has 90 valence electrons. The molecule has 1 aliphatic heterocycles. The maximum absolute atomic E-state index is 5.79. The predicted octanol–water partition coefficient (Wildman–Crippen LogP) is 2.62. The van der Waals surface area contributed by atoms with Crippen molar-refractivity contribution in [1.29, 1.82) is 0 Å². The van der Waals surface area contributed by atoms with Gasteiger partial charge in [0.1, 0.15) is 0 Å². The third-order valence-electron chi connectivity index (χ3n) is 3.76. The molecule has 2 atom stereocenters. The molecule has 2 nitrogen and oxygen atoms in total. The minimum Gasteiger partial charge on any atom is -0.330 e. The Morgan fingerprint density at radius 2 is 2.31 bits per heavy atom. The summed E-state index contributed by atoms with van der Waals surface area (Å²) in [6.07, 6.45) is 2.60. The SMILES string of the molecule is Cc1ccsc1CN1CC(CN)CCC1C. The Kier molecular flexibility index (Phi) is 4.00. The lowest BCUT2D eigenvalue weighted by atomic mass is 9.93. The van der Waals surface area contributed by atoms with Crippen LogP contribution in [0.4, 0.5) is 0 Å². The number of nitrogens with zero attached hydrogens (tertiary/aromatic N) is 1. The molecule has 2 N–H and O–H groups in total. The normalized spacial score (nSPS) is 27.2. The molecule has 16 heavy (non-hydrogen) atoms. The summed E-state index contributed by atoms with van der Waals surface area (Å²) in [5.41, 5.74) is 7.23. The molecule has 2 rings (SSSR count). The molecule has 2 unspecified atom stereocenters. The molecule has 0 bridgehead atoms. The second-order valence-electron chi connectivity index (χ2n) is 4.98. The number of thiophene rings is 1. The van der Waals surface area contributed by atoms with E-state index < -0.39 is 0 Å². The van der Waals surface area contributed by atoms with Gasteiger partial charge in [0.15, 0.2) is 0 Å². The zero-order chi connectivity index (χ0) is 11.5. The van der Waals surface area contributed by atoms with Crippen LogP contribution < -0.4 is 5.73 Å². The van der Waals surface area contributed by atoms with Crippen LogP contribution in [-0.2, 0) is 6.54 Å². The Hall–Kier alpha value is -0.380. The lowest BCUT2D eigenvalue weighted by Gasteiger charge is -2.37. The smallest absolute Gasteiger partial charge is 0.0333 e. The van der Waals surface area contributed by atoms with Gasteiger partial charge < -0.3 is 5.73 Å². The Bertz CT molecular complexity index is 334. The first kappa shape index (κ1) is 12.1. The molecule has 3 heteroatoms. The van der Waals surface area contributed by atoms with Crippen molar-refractivity contribution in [2.24, 2.45) is 11.7 Å². The molecule has 2 heterocycles. The molecule has 0 aromatic carbocycles. The van der Waals surface area contributed by atoms with Crippen molar-refractivity contribution in [3.05, 3.63) is 21.9 Å². The lowest BCUT2D eigenvalue weighted by molar-refractivity contribution is 0.114. The lowest BCUT2D eigenvalue weighted by Crippen LogP contribution is -2.43. The standard InChI is InChI=1S/C13H22N2S/c1-10-5-6-16-13(10)9-15-8-12(7-14)4-3-11(15)2/h5-6,11-12H,3-4,7-9,14H2,1-2H3. The van der Waals surface area contributed by atoms with Crippen LogP contribution in [0.5, 0.6) is 0 Å². The number of likely N-dealkylation sites (tertiary alicyclic amines) is 1. The summed E-state index contributed by atoms with van der Waals surface area (Å²) in [7, 11) is 0. The first-order chi connectivity index (χ1) is 7.70. The molecule has 0 aliphatic carbocycles. The van der Waals surface area contributed by atoms with E-state index in [-0.39, 0.29) is 0 Å². The second kappa shape index (κ2) is 5.30. The average molecular weight is 238 g/mol. The Balaban J connectivity index is 1.99. The van der Waals surface area contributed by atoms with Gasteiger partial charge in [-0.1, -0.05) is 0 Å². The summed E-state index contributed by atoms with van der Waals surface area (Å²) in [6.45, 7) is 7.68. The number of aryl methyl sites for hydroxylation is 1. The molecule has 0 saturated carbocycles. The van der Waals surface area contributed by atoms with E-state index in [1.165, 1.54) is 29.8 Å². The van der Waals surface area contributed by atoms with Crippen molar-refractivity contribution in [3.8, 4) is 0 Å². The minimum absolute atomic E-state index is 0.705. The van der Waals surface area contributed by atoms with Crippen LogP contribution in [0.25, 0.3) is 0 Å².